The lowest BCUT2D eigenvalue weighted by atomic mass is 9.86. The number of methoxy groups -OCH3 is 1. The number of ether oxygens (including phenoxy) is 1. The normalized spacial score (nSPS) is 23.7. The van der Waals surface area contributed by atoms with Gasteiger partial charge in [-0.1, -0.05) is 19.8 Å². The van der Waals surface area contributed by atoms with Crippen LogP contribution in [0.5, 0.6) is 5.75 Å². The minimum absolute atomic E-state index is 0.547. The van der Waals surface area contributed by atoms with Gasteiger partial charge in [-0.05, 0) is 40.8 Å². The van der Waals surface area contributed by atoms with Gasteiger partial charge in [0.25, 0.3) is 0 Å². The van der Waals surface area contributed by atoms with Gasteiger partial charge in [0.1, 0.15) is 5.75 Å². The molecule has 0 saturated heterocycles. The predicted molar refractivity (Wildman–Crippen MR) is 80.7 cm³/mol. The summed E-state index contributed by atoms with van der Waals surface area (Å²) in [5.74, 6) is 1.56. The second kappa shape index (κ2) is 5.16. The SMILES string of the molecule is COc1cc2nn([C@H]3CCCC[C@H]3C)cc2cc1Br. The fraction of sp³-hybridized carbons (Fsp3) is 0.533. The summed E-state index contributed by atoms with van der Waals surface area (Å²) in [5, 5.41) is 5.92. The van der Waals surface area contributed by atoms with Crippen molar-refractivity contribution in [2.45, 2.75) is 38.6 Å². The molecular weight excluding hydrogens is 304 g/mol. The van der Waals surface area contributed by atoms with E-state index in [0.717, 1.165) is 15.7 Å². The van der Waals surface area contributed by atoms with Gasteiger partial charge in [-0.3, -0.25) is 4.68 Å². The molecular formula is C15H19BrN2O. The van der Waals surface area contributed by atoms with E-state index in [1.165, 1.54) is 31.1 Å². The van der Waals surface area contributed by atoms with Gasteiger partial charge in [-0.25, -0.2) is 0 Å². The molecule has 2 atom stereocenters. The third-order valence-electron chi connectivity index (χ3n) is 4.20. The van der Waals surface area contributed by atoms with Crippen LogP contribution < -0.4 is 4.74 Å². The van der Waals surface area contributed by atoms with E-state index in [2.05, 4.69) is 39.8 Å². The lowest BCUT2D eigenvalue weighted by molar-refractivity contribution is 0.241. The maximum absolute atomic E-state index is 5.33. The van der Waals surface area contributed by atoms with Gasteiger partial charge in [0.2, 0.25) is 0 Å². The molecule has 102 valence electrons. The van der Waals surface area contributed by atoms with Gasteiger partial charge in [0.05, 0.1) is 23.1 Å². The second-order valence-corrected chi connectivity index (χ2v) is 6.34. The highest BCUT2D eigenvalue weighted by atomic mass is 79.9. The molecule has 0 aliphatic heterocycles. The molecule has 1 fully saturated rings. The van der Waals surface area contributed by atoms with Gasteiger partial charge in [0, 0.05) is 17.6 Å². The van der Waals surface area contributed by atoms with Gasteiger partial charge in [-0.2, -0.15) is 5.10 Å². The molecule has 1 aliphatic carbocycles. The van der Waals surface area contributed by atoms with Crippen molar-refractivity contribution in [3.05, 3.63) is 22.8 Å². The van der Waals surface area contributed by atoms with Crippen LogP contribution in [-0.2, 0) is 0 Å². The summed E-state index contributed by atoms with van der Waals surface area (Å²) in [7, 11) is 1.69. The zero-order valence-corrected chi connectivity index (χ0v) is 13.0. The van der Waals surface area contributed by atoms with E-state index >= 15 is 0 Å². The summed E-state index contributed by atoms with van der Waals surface area (Å²) in [6.45, 7) is 2.34. The molecule has 1 aromatic carbocycles. The fourth-order valence-electron chi connectivity index (χ4n) is 3.06. The lowest BCUT2D eigenvalue weighted by Crippen LogP contribution is -2.21. The monoisotopic (exact) mass is 322 g/mol. The highest BCUT2D eigenvalue weighted by Crippen LogP contribution is 2.35. The third-order valence-corrected chi connectivity index (χ3v) is 4.82. The Kier molecular flexibility index (Phi) is 3.52. The van der Waals surface area contributed by atoms with Crippen molar-refractivity contribution >= 4 is 26.8 Å². The molecule has 0 unspecified atom stereocenters. The number of benzene rings is 1. The lowest BCUT2D eigenvalue weighted by Gasteiger charge is -2.28. The molecule has 4 heteroatoms. The average molecular weight is 323 g/mol. The molecule has 3 nitrogen and oxygen atoms in total. The van der Waals surface area contributed by atoms with E-state index in [-0.39, 0.29) is 0 Å². The number of rotatable bonds is 2. The zero-order valence-electron chi connectivity index (χ0n) is 11.4. The first-order valence-corrected chi connectivity index (χ1v) is 7.70. The van der Waals surface area contributed by atoms with Crippen molar-refractivity contribution < 1.29 is 4.74 Å². The topological polar surface area (TPSA) is 27.1 Å². The minimum atomic E-state index is 0.547. The summed E-state index contributed by atoms with van der Waals surface area (Å²) >= 11 is 3.53. The molecule has 1 aliphatic rings. The Labute approximate surface area is 122 Å². The van der Waals surface area contributed by atoms with Crippen molar-refractivity contribution in [1.29, 1.82) is 0 Å². The minimum Gasteiger partial charge on any atom is -0.495 e. The van der Waals surface area contributed by atoms with Gasteiger partial charge >= 0.3 is 0 Å². The van der Waals surface area contributed by atoms with Crippen LogP contribution in [0.1, 0.15) is 38.6 Å². The van der Waals surface area contributed by atoms with Crippen LogP contribution in [-0.4, -0.2) is 16.9 Å². The Balaban J connectivity index is 2.01. The molecule has 0 radical (unpaired) electrons. The van der Waals surface area contributed by atoms with Crippen LogP contribution in [0.4, 0.5) is 0 Å². The van der Waals surface area contributed by atoms with Crippen molar-refractivity contribution in [3.8, 4) is 5.75 Å². The Hall–Kier alpha value is -1.03. The highest BCUT2D eigenvalue weighted by molar-refractivity contribution is 9.10. The fourth-order valence-corrected chi connectivity index (χ4v) is 3.58. The van der Waals surface area contributed by atoms with Crippen LogP contribution in [0.2, 0.25) is 0 Å². The summed E-state index contributed by atoms with van der Waals surface area (Å²) in [6, 6.07) is 4.64. The standard InChI is InChI=1S/C15H19BrN2O/c1-10-5-3-4-6-14(10)18-9-11-7-12(16)15(19-2)8-13(11)17-18/h7-10,14H,3-6H2,1-2H3/t10-,14+/m1/s1. The van der Waals surface area contributed by atoms with Crippen LogP contribution >= 0.6 is 15.9 Å². The smallest absolute Gasteiger partial charge is 0.135 e. The van der Waals surface area contributed by atoms with Crippen LogP contribution in [0, 0.1) is 5.92 Å². The van der Waals surface area contributed by atoms with E-state index < -0.39 is 0 Å². The molecule has 2 aromatic rings. The van der Waals surface area contributed by atoms with Crippen molar-refractivity contribution in [1.82, 2.24) is 9.78 Å². The molecule has 0 bridgehead atoms. The summed E-state index contributed by atoms with van der Waals surface area (Å²) in [4.78, 5) is 0. The van der Waals surface area contributed by atoms with E-state index in [1.807, 2.05) is 6.07 Å². The van der Waals surface area contributed by atoms with Crippen molar-refractivity contribution in [2.24, 2.45) is 5.92 Å². The number of fused-ring (bicyclic) bond motifs is 1. The number of hydrogen-bond donors (Lipinski definition) is 0. The molecule has 1 heterocycles. The quantitative estimate of drug-likeness (QED) is 0.810. The average Bonchev–Trinajstić information content (AvgIpc) is 2.80. The Morgan fingerprint density at radius 2 is 2.11 bits per heavy atom. The van der Waals surface area contributed by atoms with Crippen LogP contribution in [0.15, 0.2) is 22.8 Å². The molecule has 0 N–H and O–H groups in total. The van der Waals surface area contributed by atoms with E-state index in [4.69, 9.17) is 9.84 Å². The second-order valence-electron chi connectivity index (χ2n) is 5.48. The van der Waals surface area contributed by atoms with Gasteiger partial charge in [-0.15, -0.1) is 0 Å². The Bertz CT molecular complexity index is 593. The molecule has 0 amide bonds. The molecule has 19 heavy (non-hydrogen) atoms. The molecule has 1 saturated carbocycles. The summed E-state index contributed by atoms with van der Waals surface area (Å²) in [6.07, 6.45) is 7.41. The first-order valence-electron chi connectivity index (χ1n) is 6.91. The van der Waals surface area contributed by atoms with Crippen molar-refractivity contribution in [2.75, 3.05) is 7.11 Å². The Morgan fingerprint density at radius 1 is 1.32 bits per heavy atom. The van der Waals surface area contributed by atoms with E-state index in [9.17, 15) is 0 Å². The Morgan fingerprint density at radius 3 is 2.84 bits per heavy atom. The first-order chi connectivity index (χ1) is 9.19. The zero-order chi connectivity index (χ0) is 13.4. The first kappa shape index (κ1) is 13.0. The molecule has 3 rings (SSSR count). The van der Waals surface area contributed by atoms with Crippen LogP contribution in [0.25, 0.3) is 10.9 Å². The number of halogens is 1. The van der Waals surface area contributed by atoms with Gasteiger partial charge in [0.15, 0.2) is 0 Å². The number of nitrogens with zero attached hydrogens (tertiary/aromatic N) is 2. The number of hydrogen-bond acceptors (Lipinski definition) is 2. The largest absolute Gasteiger partial charge is 0.495 e. The third kappa shape index (κ3) is 2.38. The molecule has 1 aromatic heterocycles. The van der Waals surface area contributed by atoms with Crippen molar-refractivity contribution in [3.63, 3.8) is 0 Å². The summed E-state index contributed by atoms with van der Waals surface area (Å²) in [5.41, 5.74) is 1.01. The van der Waals surface area contributed by atoms with E-state index in [0.29, 0.717) is 12.0 Å². The number of aromatic nitrogens is 2. The van der Waals surface area contributed by atoms with E-state index in [1.54, 1.807) is 7.11 Å². The van der Waals surface area contributed by atoms with Gasteiger partial charge < -0.3 is 4.74 Å². The maximum Gasteiger partial charge on any atom is 0.135 e. The molecule has 0 spiro atoms. The van der Waals surface area contributed by atoms with Crippen LogP contribution in [0.3, 0.4) is 0 Å². The summed E-state index contributed by atoms with van der Waals surface area (Å²) < 4.78 is 8.48. The highest BCUT2D eigenvalue weighted by Gasteiger charge is 2.23. The maximum atomic E-state index is 5.33. The predicted octanol–water partition coefficient (Wildman–Crippen LogP) is 4.56.